The Morgan fingerprint density at radius 2 is 1.74 bits per heavy atom. The fourth-order valence-electron chi connectivity index (χ4n) is 2.32. The summed E-state index contributed by atoms with van der Waals surface area (Å²) < 4.78 is 5.22. The highest BCUT2D eigenvalue weighted by Crippen LogP contribution is 2.19. The first kappa shape index (κ1) is 16.5. The highest BCUT2D eigenvalue weighted by Gasteiger charge is 2.21. The molecule has 1 amide bonds. The number of benzene rings is 2. The van der Waals surface area contributed by atoms with Crippen LogP contribution in [-0.2, 0) is 22.4 Å². The summed E-state index contributed by atoms with van der Waals surface area (Å²) >= 11 is 0. The summed E-state index contributed by atoms with van der Waals surface area (Å²) in [5, 5.41) is 11.9. The quantitative estimate of drug-likeness (QED) is 0.820. The van der Waals surface area contributed by atoms with Gasteiger partial charge in [-0.3, -0.25) is 4.79 Å². The smallest absolute Gasteiger partial charge is 0.326 e. The first-order valence-electron chi connectivity index (χ1n) is 7.28. The van der Waals surface area contributed by atoms with Crippen LogP contribution in [0, 0.1) is 0 Å². The second-order valence-corrected chi connectivity index (χ2v) is 5.14. The van der Waals surface area contributed by atoms with Crippen LogP contribution in [-0.4, -0.2) is 30.1 Å². The molecule has 0 unspecified atom stereocenters. The molecule has 2 rings (SSSR count). The van der Waals surface area contributed by atoms with Gasteiger partial charge in [0.1, 0.15) is 11.8 Å². The number of rotatable bonds is 7. The van der Waals surface area contributed by atoms with Crippen molar-refractivity contribution in [3.05, 3.63) is 65.7 Å². The first-order valence-corrected chi connectivity index (χ1v) is 7.28. The van der Waals surface area contributed by atoms with E-state index in [2.05, 4.69) is 5.32 Å². The summed E-state index contributed by atoms with van der Waals surface area (Å²) in [4.78, 5) is 23.5. The van der Waals surface area contributed by atoms with Crippen molar-refractivity contribution < 1.29 is 19.4 Å². The molecule has 0 spiro atoms. The Morgan fingerprint density at radius 1 is 1.09 bits per heavy atom. The molecule has 23 heavy (non-hydrogen) atoms. The second-order valence-electron chi connectivity index (χ2n) is 5.14. The highest BCUT2D eigenvalue weighted by molar-refractivity contribution is 5.85. The molecule has 120 valence electrons. The number of carboxylic acid groups (broad SMARTS) is 1. The number of carbonyl (C=O) groups excluding carboxylic acids is 1. The van der Waals surface area contributed by atoms with Gasteiger partial charge in [-0.15, -0.1) is 0 Å². The van der Waals surface area contributed by atoms with Gasteiger partial charge in [0.25, 0.3) is 0 Å². The molecule has 0 aliphatic rings. The molecule has 0 radical (unpaired) electrons. The van der Waals surface area contributed by atoms with E-state index in [0.29, 0.717) is 5.75 Å². The van der Waals surface area contributed by atoms with Gasteiger partial charge in [0.15, 0.2) is 0 Å². The van der Waals surface area contributed by atoms with Crippen LogP contribution >= 0.6 is 0 Å². The fraction of sp³-hybridized carbons (Fsp3) is 0.222. The number of carboxylic acids is 1. The molecule has 1 atom stereocenters. The monoisotopic (exact) mass is 313 g/mol. The predicted molar refractivity (Wildman–Crippen MR) is 86.4 cm³/mol. The van der Waals surface area contributed by atoms with Crippen molar-refractivity contribution in [1.29, 1.82) is 0 Å². The van der Waals surface area contributed by atoms with Crippen LogP contribution in [0.3, 0.4) is 0 Å². The average molecular weight is 313 g/mol. The molecule has 5 nitrogen and oxygen atoms in total. The van der Waals surface area contributed by atoms with Gasteiger partial charge in [-0.2, -0.15) is 0 Å². The maximum atomic E-state index is 12.1. The van der Waals surface area contributed by atoms with Gasteiger partial charge < -0.3 is 15.2 Å². The molecule has 2 aromatic carbocycles. The lowest BCUT2D eigenvalue weighted by Crippen LogP contribution is -2.43. The van der Waals surface area contributed by atoms with Gasteiger partial charge in [0.2, 0.25) is 5.91 Å². The second kappa shape index (κ2) is 7.98. The molecule has 2 aromatic rings. The lowest BCUT2D eigenvalue weighted by molar-refractivity contribution is -0.141. The summed E-state index contributed by atoms with van der Waals surface area (Å²) in [6.07, 6.45) is 0.316. The van der Waals surface area contributed by atoms with Crippen LogP contribution in [0.5, 0.6) is 5.75 Å². The third-order valence-electron chi connectivity index (χ3n) is 3.46. The Hall–Kier alpha value is -2.82. The Labute approximate surface area is 134 Å². The van der Waals surface area contributed by atoms with Gasteiger partial charge in [-0.25, -0.2) is 4.79 Å². The molecule has 0 bridgehead atoms. The summed E-state index contributed by atoms with van der Waals surface area (Å²) in [5.41, 5.74) is 1.58. The number of amides is 1. The van der Waals surface area contributed by atoms with Gasteiger partial charge in [0.05, 0.1) is 13.5 Å². The summed E-state index contributed by atoms with van der Waals surface area (Å²) in [6.45, 7) is 0. The molecule has 2 N–H and O–H groups in total. The lowest BCUT2D eigenvalue weighted by Gasteiger charge is -2.16. The Kier molecular flexibility index (Phi) is 5.74. The Bertz CT molecular complexity index is 670. The number of hydrogen-bond acceptors (Lipinski definition) is 3. The highest BCUT2D eigenvalue weighted by atomic mass is 16.5. The van der Waals surface area contributed by atoms with E-state index in [9.17, 15) is 14.7 Å². The molecule has 0 aromatic heterocycles. The molecular weight excluding hydrogens is 294 g/mol. The summed E-state index contributed by atoms with van der Waals surface area (Å²) in [6, 6.07) is 15.4. The van der Waals surface area contributed by atoms with Crippen molar-refractivity contribution in [1.82, 2.24) is 5.32 Å². The topological polar surface area (TPSA) is 75.6 Å². The van der Waals surface area contributed by atoms with Gasteiger partial charge in [-0.1, -0.05) is 48.5 Å². The molecule has 0 fully saturated rings. The minimum Gasteiger partial charge on any atom is -0.496 e. The van der Waals surface area contributed by atoms with Gasteiger partial charge in [0, 0.05) is 6.42 Å². The third kappa shape index (κ3) is 4.85. The van der Waals surface area contributed by atoms with Crippen LogP contribution in [0.1, 0.15) is 11.1 Å². The largest absolute Gasteiger partial charge is 0.496 e. The molecule has 0 saturated carbocycles. The van der Waals surface area contributed by atoms with Crippen molar-refractivity contribution in [2.75, 3.05) is 7.11 Å². The van der Waals surface area contributed by atoms with Crippen LogP contribution < -0.4 is 10.1 Å². The number of methoxy groups -OCH3 is 1. The standard InChI is InChI=1S/C18H19NO4/c1-23-16-10-6-5-9-14(16)12-15(18(21)22)19-17(20)11-13-7-3-2-4-8-13/h2-10,15H,11-12H2,1H3,(H,19,20)(H,21,22)/t15-/m1/s1. The van der Waals surface area contributed by atoms with E-state index in [1.807, 2.05) is 42.5 Å². The Balaban J connectivity index is 2.04. The zero-order chi connectivity index (χ0) is 16.7. The maximum Gasteiger partial charge on any atom is 0.326 e. The van der Waals surface area contributed by atoms with Crippen LogP contribution in [0.4, 0.5) is 0 Å². The van der Waals surface area contributed by atoms with E-state index in [4.69, 9.17) is 4.74 Å². The number of ether oxygens (including phenoxy) is 1. The zero-order valence-corrected chi connectivity index (χ0v) is 12.9. The van der Waals surface area contributed by atoms with Crippen molar-refractivity contribution in [3.8, 4) is 5.75 Å². The maximum absolute atomic E-state index is 12.1. The third-order valence-corrected chi connectivity index (χ3v) is 3.46. The molecule has 0 heterocycles. The van der Waals surface area contributed by atoms with Gasteiger partial charge >= 0.3 is 5.97 Å². The van der Waals surface area contributed by atoms with Crippen molar-refractivity contribution >= 4 is 11.9 Å². The summed E-state index contributed by atoms with van der Waals surface area (Å²) in [5.74, 6) is -0.785. The Morgan fingerprint density at radius 3 is 2.39 bits per heavy atom. The molecule has 0 aliphatic heterocycles. The normalized spacial score (nSPS) is 11.5. The molecular formula is C18H19NO4. The van der Waals surface area contributed by atoms with E-state index >= 15 is 0 Å². The van der Waals surface area contributed by atoms with E-state index in [1.165, 1.54) is 7.11 Å². The average Bonchev–Trinajstić information content (AvgIpc) is 2.55. The minimum atomic E-state index is -1.07. The van der Waals surface area contributed by atoms with Gasteiger partial charge in [-0.05, 0) is 17.2 Å². The minimum absolute atomic E-state index is 0.149. The van der Waals surface area contributed by atoms with Crippen molar-refractivity contribution in [2.24, 2.45) is 0 Å². The van der Waals surface area contributed by atoms with Crippen LogP contribution in [0.15, 0.2) is 54.6 Å². The first-order chi connectivity index (χ1) is 11.1. The summed E-state index contributed by atoms with van der Waals surface area (Å²) in [7, 11) is 1.53. The van der Waals surface area contributed by atoms with Crippen LogP contribution in [0.25, 0.3) is 0 Å². The van der Waals surface area contributed by atoms with Crippen molar-refractivity contribution in [3.63, 3.8) is 0 Å². The SMILES string of the molecule is COc1ccccc1C[C@@H](NC(=O)Cc1ccccc1)C(=O)O. The lowest BCUT2D eigenvalue weighted by atomic mass is 10.0. The van der Waals surface area contributed by atoms with Crippen LogP contribution in [0.2, 0.25) is 0 Å². The predicted octanol–water partition coefficient (Wildman–Crippen LogP) is 2.05. The van der Waals surface area contributed by atoms with E-state index < -0.39 is 12.0 Å². The van der Waals surface area contributed by atoms with E-state index in [-0.39, 0.29) is 18.7 Å². The van der Waals surface area contributed by atoms with E-state index in [1.54, 1.807) is 12.1 Å². The number of nitrogens with one attached hydrogen (secondary N) is 1. The van der Waals surface area contributed by atoms with Crippen molar-refractivity contribution in [2.45, 2.75) is 18.9 Å². The van der Waals surface area contributed by atoms with E-state index in [0.717, 1.165) is 11.1 Å². The number of hydrogen-bond donors (Lipinski definition) is 2. The number of aliphatic carboxylic acids is 1. The fourth-order valence-corrected chi connectivity index (χ4v) is 2.32. The zero-order valence-electron chi connectivity index (χ0n) is 12.9. The molecule has 0 aliphatic carbocycles. The molecule has 5 heteroatoms. The molecule has 0 saturated heterocycles. The number of carbonyl (C=O) groups is 2. The number of para-hydroxylation sites is 1.